The Bertz CT molecular complexity index is 1040. The number of nitrogens with zero attached hydrogens (tertiary/aromatic N) is 3. The van der Waals surface area contributed by atoms with E-state index in [1.54, 1.807) is 5.57 Å². The van der Waals surface area contributed by atoms with Crippen LogP contribution in [0.25, 0.3) is 0 Å². The fourth-order valence-corrected chi connectivity index (χ4v) is 5.72. The number of hydrogen-bond acceptors (Lipinski definition) is 3. The number of aliphatic imine (C=N–C) groups is 2. The van der Waals surface area contributed by atoms with Gasteiger partial charge in [0, 0.05) is 42.9 Å². The highest BCUT2D eigenvalue weighted by atomic mass is 14.7. The molecule has 0 radical (unpaired) electrons. The summed E-state index contributed by atoms with van der Waals surface area (Å²) in [6.07, 6.45) is 14.6. The number of pyridine rings is 1. The van der Waals surface area contributed by atoms with E-state index < -0.39 is 0 Å². The molecule has 0 N–H and O–H groups in total. The quantitative estimate of drug-likeness (QED) is 0.283. The molecule has 0 saturated carbocycles. The molecule has 238 valence electrons. The third-order valence-corrected chi connectivity index (χ3v) is 8.26. The van der Waals surface area contributed by atoms with Crippen LogP contribution in [0.4, 0.5) is 0 Å². The summed E-state index contributed by atoms with van der Waals surface area (Å²) in [5.74, 6) is 1.64. The second-order valence-electron chi connectivity index (χ2n) is 18.6. The van der Waals surface area contributed by atoms with E-state index >= 15 is 0 Å². The van der Waals surface area contributed by atoms with Gasteiger partial charge in [0.2, 0.25) is 0 Å². The lowest BCUT2D eigenvalue weighted by atomic mass is 9.64. The third-order valence-electron chi connectivity index (χ3n) is 8.26. The molecule has 3 nitrogen and oxygen atoms in total. The van der Waals surface area contributed by atoms with Gasteiger partial charge in [-0.1, -0.05) is 142 Å². The van der Waals surface area contributed by atoms with Gasteiger partial charge in [-0.25, -0.2) is 0 Å². The summed E-state index contributed by atoms with van der Waals surface area (Å²) in [6, 6.07) is 2.14. The van der Waals surface area contributed by atoms with E-state index in [0.29, 0.717) is 28.6 Å². The molecule has 2 aliphatic rings. The second-order valence-corrected chi connectivity index (χ2v) is 18.6. The Labute approximate surface area is 261 Å². The van der Waals surface area contributed by atoms with Gasteiger partial charge in [0.25, 0.3) is 0 Å². The Hall–Kier alpha value is -2.03. The molecular formula is C39H67N3. The molecule has 3 unspecified atom stereocenters. The SMILES string of the molecule is CC(C)(C)C1=CCN=CC1C(C)(C)C.CC(C)(C)C1C=CN=CC1C(C)(C)C.CC(C)(C)c1ccncc1C(C)(C)C. The van der Waals surface area contributed by atoms with Crippen LogP contribution in [-0.2, 0) is 10.8 Å². The highest BCUT2D eigenvalue weighted by molar-refractivity contribution is 5.68. The van der Waals surface area contributed by atoms with Crippen molar-refractivity contribution < 1.29 is 0 Å². The van der Waals surface area contributed by atoms with Gasteiger partial charge in [-0.3, -0.25) is 15.0 Å². The molecule has 3 heterocycles. The molecule has 42 heavy (non-hydrogen) atoms. The van der Waals surface area contributed by atoms with E-state index in [-0.39, 0.29) is 21.7 Å². The van der Waals surface area contributed by atoms with Gasteiger partial charge in [-0.15, -0.1) is 0 Å². The van der Waals surface area contributed by atoms with E-state index in [2.05, 4.69) is 170 Å². The summed E-state index contributed by atoms with van der Waals surface area (Å²) in [7, 11) is 0. The zero-order chi connectivity index (χ0) is 32.9. The molecule has 2 aliphatic heterocycles. The van der Waals surface area contributed by atoms with Gasteiger partial charge < -0.3 is 0 Å². The third kappa shape index (κ3) is 11.6. The average molecular weight is 578 g/mol. The maximum Gasteiger partial charge on any atom is 0.0569 e. The minimum atomic E-state index is 0.177. The molecule has 3 rings (SSSR count). The highest BCUT2D eigenvalue weighted by Gasteiger charge is 2.37. The summed E-state index contributed by atoms with van der Waals surface area (Å²) in [6.45, 7) is 41.8. The topological polar surface area (TPSA) is 37.6 Å². The second kappa shape index (κ2) is 13.7. The smallest absolute Gasteiger partial charge is 0.0569 e. The number of rotatable bonds is 0. The van der Waals surface area contributed by atoms with Crippen LogP contribution in [-0.4, -0.2) is 24.0 Å². The maximum atomic E-state index is 4.39. The number of dihydropyridines is 1. The van der Waals surface area contributed by atoms with Crippen LogP contribution < -0.4 is 0 Å². The van der Waals surface area contributed by atoms with Gasteiger partial charge in [-0.2, -0.15) is 0 Å². The van der Waals surface area contributed by atoms with Crippen molar-refractivity contribution in [3.8, 4) is 0 Å². The van der Waals surface area contributed by atoms with Crippen molar-refractivity contribution in [3.05, 3.63) is 53.5 Å². The minimum absolute atomic E-state index is 0.177. The molecule has 0 bridgehead atoms. The van der Waals surface area contributed by atoms with Gasteiger partial charge in [0.15, 0.2) is 0 Å². The molecular weight excluding hydrogens is 510 g/mol. The van der Waals surface area contributed by atoms with Crippen LogP contribution in [0.1, 0.15) is 136 Å². The van der Waals surface area contributed by atoms with E-state index in [1.165, 1.54) is 11.1 Å². The molecule has 0 spiro atoms. The van der Waals surface area contributed by atoms with Crippen LogP contribution in [0.5, 0.6) is 0 Å². The first-order valence-electron chi connectivity index (χ1n) is 16.0. The van der Waals surface area contributed by atoms with Crippen molar-refractivity contribution in [1.29, 1.82) is 0 Å². The fraction of sp³-hybridized carbons (Fsp3) is 0.718. The van der Waals surface area contributed by atoms with E-state index in [4.69, 9.17) is 0 Å². The van der Waals surface area contributed by atoms with Crippen molar-refractivity contribution in [2.45, 2.75) is 135 Å². The highest BCUT2D eigenvalue weighted by Crippen LogP contribution is 2.43. The van der Waals surface area contributed by atoms with E-state index in [1.807, 2.05) is 18.6 Å². The summed E-state index contributed by atoms with van der Waals surface area (Å²) < 4.78 is 0. The van der Waals surface area contributed by atoms with Crippen molar-refractivity contribution in [3.63, 3.8) is 0 Å². The van der Waals surface area contributed by atoms with Crippen LogP contribution in [0.2, 0.25) is 0 Å². The van der Waals surface area contributed by atoms with Crippen LogP contribution in [0, 0.1) is 39.4 Å². The Kier molecular flexibility index (Phi) is 12.4. The lowest BCUT2D eigenvalue weighted by Crippen LogP contribution is -2.36. The van der Waals surface area contributed by atoms with Crippen molar-refractivity contribution >= 4 is 12.4 Å². The number of aromatic nitrogens is 1. The zero-order valence-electron chi connectivity index (χ0n) is 30.9. The molecule has 1 aromatic rings. The zero-order valence-corrected chi connectivity index (χ0v) is 30.9. The largest absolute Gasteiger partial charge is 0.293 e. The Morgan fingerprint density at radius 1 is 0.595 bits per heavy atom. The van der Waals surface area contributed by atoms with Gasteiger partial charge in [0.05, 0.1) is 6.54 Å². The molecule has 0 aliphatic carbocycles. The molecule has 0 aromatic carbocycles. The van der Waals surface area contributed by atoms with E-state index in [9.17, 15) is 0 Å². The van der Waals surface area contributed by atoms with Crippen LogP contribution >= 0.6 is 0 Å². The normalized spacial score (nSPS) is 21.6. The number of allylic oxidation sites excluding steroid dienone is 2. The predicted molar refractivity (Wildman–Crippen MR) is 189 cm³/mol. The van der Waals surface area contributed by atoms with Gasteiger partial charge >= 0.3 is 0 Å². The summed E-state index contributed by atoms with van der Waals surface area (Å²) in [5.41, 5.74) is 5.84. The Balaban J connectivity index is 0.000000315. The number of hydrogen-bond donors (Lipinski definition) is 0. The lowest BCUT2D eigenvalue weighted by molar-refractivity contribution is 0.159. The molecule has 3 heteroatoms. The molecule has 0 amide bonds. The monoisotopic (exact) mass is 578 g/mol. The first-order chi connectivity index (χ1) is 18.7. The van der Waals surface area contributed by atoms with Crippen molar-refractivity contribution in [2.24, 2.45) is 49.4 Å². The van der Waals surface area contributed by atoms with Crippen molar-refractivity contribution in [2.75, 3.05) is 6.54 Å². The Morgan fingerprint density at radius 2 is 1.12 bits per heavy atom. The summed E-state index contributed by atoms with van der Waals surface area (Å²) >= 11 is 0. The lowest BCUT2D eigenvalue weighted by Gasteiger charge is -2.41. The summed E-state index contributed by atoms with van der Waals surface area (Å²) in [5, 5.41) is 0. The standard InChI is InChI=1S/2C13H23N.C13H21N/c3*1-12(2,3)10-7-8-14-9-11(10)13(4,5)6/h7,9,11H,8H2,1-6H3;7-11H,1-6H3;7-9H,1-6H3. The molecule has 0 saturated heterocycles. The van der Waals surface area contributed by atoms with Crippen molar-refractivity contribution in [1.82, 2.24) is 4.98 Å². The van der Waals surface area contributed by atoms with Crippen LogP contribution in [0.3, 0.4) is 0 Å². The average Bonchev–Trinajstić information content (AvgIpc) is 2.82. The first-order valence-corrected chi connectivity index (χ1v) is 16.0. The predicted octanol–water partition coefficient (Wildman–Crippen LogP) is 11.3. The van der Waals surface area contributed by atoms with Gasteiger partial charge in [-0.05, 0) is 55.6 Å². The van der Waals surface area contributed by atoms with E-state index in [0.717, 1.165) is 6.54 Å². The molecule has 1 aromatic heterocycles. The molecule has 0 fully saturated rings. The maximum absolute atomic E-state index is 4.39. The Morgan fingerprint density at radius 3 is 1.48 bits per heavy atom. The van der Waals surface area contributed by atoms with Crippen LogP contribution in [0.15, 0.2) is 52.4 Å². The first kappa shape index (κ1) is 38.0. The summed E-state index contributed by atoms with van der Waals surface area (Å²) in [4.78, 5) is 12.9. The van der Waals surface area contributed by atoms with Gasteiger partial charge in [0.1, 0.15) is 0 Å². The fourth-order valence-electron chi connectivity index (χ4n) is 5.72. The minimum Gasteiger partial charge on any atom is -0.293 e. The molecule has 3 atom stereocenters.